The van der Waals surface area contributed by atoms with Gasteiger partial charge < -0.3 is 9.84 Å². The van der Waals surface area contributed by atoms with E-state index in [0.717, 1.165) is 16.3 Å². The summed E-state index contributed by atoms with van der Waals surface area (Å²) in [6, 6.07) is 8.20. The Hall–Kier alpha value is -2.63. The molecular formula is C13H12N2O4. The molecule has 1 heterocycles. The SMILES string of the molecule is COc1cc(=O)n(-c2ccccc2C)nc1C(=O)O. The number of carboxylic acids is 1. The highest BCUT2D eigenvalue weighted by Gasteiger charge is 2.17. The third-order valence-corrected chi connectivity index (χ3v) is 2.66. The molecule has 0 atom stereocenters. The third kappa shape index (κ3) is 2.33. The molecule has 0 saturated heterocycles. The van der Waals surface area contributed by atoms with Crippen LogP contribution in [0.25, 0.3) is 5.69 Å². The molecule has 98 valence electrons. The lowest BCUT2D eigenvalue weighted by atomic mass is 10.2. The van der Waals surface area contributed by atoms with Crippen LogP contribution in [0.5, 0.6) is 5.75 Å². The van der Waals surface area contributed by atoms with Crippen LogP contribution in [-0.4, -0.2) is 28.0 Å². The Balaban J connectivity index is 2.72. The number of rotatable bonds is 3. The quantitative estimate of drug-likeness (QED) is 0.898. The molecule has 0 saturated carbocycles. The summed E-state index contributed by atoms with van der Waals surface area (Å²) < 4.78 is 5.91. The van der Waals surface area contributed by atoms with Crippen molar-refractivity contribution in [2.24, 2.45) is 0 Å². The maximum absolute atomic E-state index is 12.0. The predicted octanol–water partition coefficient (Wildman–Crippen LogP) is 1.25. The van der Waals surface area contributed by atoms with Gasteiger partial charge in [0, 0.05) is 0 Å². The van der Waals surface area contributed by atoms with E-state index in [-0.39, 0.29) is 11.4 Å². The van der Waals surface area contributed by atoms with Crippen LogP contribution >= 0.6 is 0 Å². The zero-order chi connectivity index (χ0) is 14.0. The van der Waals surface area contributed by atoms with E-state index in [1.807, 2.05) is 19.1 Å². The second-order valence-electron chi connectivity index (χ2n) is 3.90. The van der Waals surface area contributed by atoms with Gasteiger partial charge in [-0.1, -0.05) is 18.2 Å². The van der Waals surface area contributed by atoms with E-state index in [0.29, 0.717) is 5.69 Å². The average Bonchev–Trinajstić information content (AvgIpc) is 2.39. The number of nitrogens with zero attached hydrogens (tertiary/aromatic N) is 2. The molecule has 0 aliphatic heterocycles. The van der Waals surface area contributed by atoms with Crippen LogP contribution in [-0.2, 0) is 0 Å². The van der Waals surface area contributed by atoms with E-state index in [9.17, 15) is 9.59 Å². The van der Waals surface area contributed by atoms with Crippen LogP contribution in [0.2, 0.25) is 0 Å². The minimum Gasteiger partial charge on any atom is -0.494 e. The van der Waals surface area contributed by atoms with Crippen LogP contribution in [0.1, 0.15) is 16.1 Å². The fraction of sp³-hybridized carbons (Fsp3) is 0.154. The minimum absolute atomic E-state index is 0.0534. The molecule has 6 heteroatoms. The second-order valence-corrected chi connectivity index (χ2v) is 3.90. The Labute approximate surface area is 108 Å². The number of carbonyl (C=O) groups is 1. The number of aromatic carboxylic acids is 1. The first-order valence-corrected chi connectivity index (χ1v) is 5.52. The number of aryl methyl sites for hydroxylation is 1. The minimum atomic E-state index is -1.25. The van der Waals surface area contributed by atoms with Crippen molar-refractivity contribution in [3.05, 3.63) is 51.9 Å². The fourth-order valence-electron chi connectivity index (χ4n) is 1.72. The predicted molar refractivity (Wildman–Crippen MR) is 68.1 cm³/mol. The van der Waals surface area contributed by atoms with E-state index < -0.39 is 11.5 Å². The van der Waals surface area contributed by atoms with Crippen molar-refractivity contribution >= 4 is 5.97 Å². The molecule has 0 radical (unpaired) electrons. The van der Waals surface area contributed by atoms with Crippen molar-refractivity contribution < 1.29 is 14.6 Å². The molecule has 0 bridgehead atoms. The molecule has 0 amide bonds. The lowest BCUT2D eigenvalue weighted by molar-refractivity contribution is 0.0684. The number of methoxy groups -OCH3 is 1. The fourth-order valence-corrected chi connectivity index (χ4v) is 1.72. The molecule has 0 fully saturated rings. The molecule has 0 spiro atoms. The lowest BCUT2D eigenvalue weighted by Gasteiger charge is -2.10. The monoisotopic (exact) mass is 260 g/mol. The van der Waals surface area contributed by atoms with Gasteiger partial charge in [0.1, 0.15) is 0 Å². The van der Waals surface area contributed by atoms with E-state index in [2.05, 4.69) is 5.10 Å². The first-order chi connectivity index (χ1) is 9.04. The van der Waals surface area contributed by atoms with Crippen LogP contribution in [0.3, 0.4) is 0 Å². The number of ether oxygens (including phenoxy) is 1. The summed E-state index contributed by atoms with van der Waals surface area (Å²) in [4.78, 5) is 23.1. The molecule has 2 aromatic rings. The van der Waals surface area contributed by atoms with Gasteiger partial charge in [0.15, 0.2) is 5.75 Å². The summed E-state index contributed by atoms with van der Waals surface area (Å²) in [6.07, 6.45) is 0. The van der Waals surface area contributed by atoms with Gasteiger partial charge in [-0.15, -0.1) is 0 Å². The summed E-state index contributed by atoms with van der Waals surface area (Å²) in [5, 5.41) is 12.9. The smallest absolute Gasteiger partial charge is 0.360 e. The topological polar surface area (TPSA) is 81.4 Å². The van der Waals surface area contributed by atoms with Crippen LogP contribution < -0.4 is 10.3 Å². The Morgan fingerprint density at radius 2 is 2.05 bits per heavy atom. The Kier molecular flexibility index (Phi) is 3.33. The molecule has 1 N–H and O–H groups in total. The molecule has 6 nitrogen and oxygen atoms in total. The Morgan fingerprint density at radius 1 is 1.37 bits per heavy atom. The van der Waals surface area contributed by atoms with E-state index in [1.165, 1.54) is 7.11 Å². The highest BCUT2D eigenvalue weighted by atomic mass is 16.5. The molecule has 0 unspecified atom stereocenters. The van der Waals surface area contributed by atoms with Gasteiger partial charge in [0.2, 0.25) is 5.69 Å². The molecule has 1 aromatic carbocycles. The normalized spacial score (nSPS) is 10.2. The first-order valence-electron chi connectivity index (χ1n) is 5.52. The lowest BCUT2D eigenvalue weighted by Crippen LogP contribution is -2.24. The Bertz CT molecular complexity index is 691. The maximum Gasteiger partial charge on any atom is 0.360 e. The Morgan fingerprint density at radius 3 is 2.63 bits per heavy atom. The van der Waals surface area contributed by atoms with Crippen molar-refractivity contribution in [1.82, 2.24) is 9.78 Å². The number of carboxylic acid groups (broad SMARTS) is 1. The number of benzene rings is 1. The van der Waals surface area contributed by atoms with Crippen molar-refractivity contribution in [3.8, 4) is 11.4 Å². The van der Waals surface area contributed by atoms with Gasteiger partial charge in [0.05, 0.1) is 18.9 Å². The molecule has 2 rings (SSSR count). The van der Waals surface area contributed by atoms with E-state index in [4.69, 9.17) is 9.84 Å². The maximum atomic E-state index is 12.0. The summed E-state index contributed by atoms with van der Waals surface area (Å²) in [6.45, 7) is 1.81. The molecule has 1 aromatic heterocycles. The standard InChI is InChI=1S/C13H12N2O4/c1-8-5-3-4-6-9(8)15-11(16)7-10(19-2)12(14-15)13(17)18/h3-7H,1-2H3,(H,17,18). The zero-order valence-electron chi connectivity index (χ0n) is 10.5. The van der Waals surface area contributed by atoms with Crippen LogP contribution in [0, 0.1) is 6.92 Å². The van der Waals surface area contributed by atoms with E-state index in [1.54, 1.807) is 12.1 Å². The largest absolute Gasteiger partial charge is 0.494 e. The second kappa shape index (κ2) is 4.93. The first kappa shape index (κ1) is 12.8. The van der Waals surface area contributed by atoms with Gasteiger partial charge in [-0.05, 0) is 18.6 Å². The van der Waals surface area contributed by atoms with Gasteiger partial charge in [-0.2, -0.15) is 9.78 Å². The van der Waals surface area contributed by atoms with Crippen molar-refractivity contribution in [2.75, 3.05) is 7.11 Å². The molecule has 0 aliphatic carbocycles. The van der Waals surface area contributed by atoms with Gasteiger partial charge in [0.25, 0.3) is 5.56 Å². The highest BCUT2D eigenvalue weighted by Crippen LogP contribution is 2.15. The number of hydrogen-bond donors (Lipinski definition) is 1. The summed E-state index contributed by atoms with van der Waals surface area (Å²) in [7, 11) is 1.29. The molecule has 19 heavy (non-hydrogen) atoms. The van der Waals surface area contributed by atoms with Gasteiger partial charge >= 0.3 is 5.97 Å². The summed E-state index contributed by atoms with van der Waals surface area (Å²) >= 11 is 0. The van der Waals surface area contributed by atoms with Crippen LogP contribution in [0.4, 0.5) is 0 Å². The van der Waals surface area contributed by atoms with Gasteiger partial charge in [-0.3, -0.25) is 4.79 Å². The molecular weight excluding hydrogens is 248 g/mol. The van der Waals surface area contributed by atoms with Crippen LogP contribution in [0.15, 0.2) is 35.1 Å². The molecule has 0 aliphatic rings. The van der Waals surface area contributed by atoms with Gasteiger partial charge in [-0.25, -0.2) is 4.79 Å². The number of para-hydroxylation sites is 1. The van der Waals surface area contributed by atoms with Crippen molar-refractivity contribution in [3.63, 3.8) is 0 Å². The number of aromatic nitrogens is 2. The van der Waals surface area contributed by atoms with Crippen molar-refractivity contribution in [1.29, 1.82) is 0 Å². The van der Waals surface area contributed by atoms with Crippen molar-refractivity contribution in [2.45, 2.75) is 6.92 Å². The third-order valence-electron chi connectivity index (χ3n) is 2.66. The zero-order valence-corrected chi connectivity index (χ0v) is 10.5. The average molecular weight is 260 g/mol. The van der Waals surface area contributed by atoms with E-state index >= 15 is 0 Å². The highest BCUT2D eigenvalue weighted by molar-refractivity contribution is 5.88. The summed E-state index contributed by atoms with van der Waals surface area (Å²) in [5.41, 5.74) is 0.609. The number of hydrogen-bond acceptors (Lipinski definition) is 4. The summed E-state index contributed by atoms with van der Waals surface area (Å²) in [5.74, 6) is -1.30.